The lowest BCUT2D eigenvalue weighted by atomic mass is 10.1. The van der Waals surface area contributed by atoms with Crippen molar-refractivity contribution in [1.82, 2.24) is 5.32 Å². The highest BCUT2D eigenvalue weighted by atomic mass is 16.3. The molecule has 0 aliphatic heterocycles. The summed E-state index contributed by atoms with van der Waals surface area (Å²) in [4.78, 5) is 12.0. The van der Waals surface area contributed by atoms with E-state index in [-0.39, 0.29) is 11.9 Å². The third-order valence-corrected chi connectivity index (χ3v) is 2.81. The van der Waals surface area contributed by atoms with Crippen molar-refractivity contribution in [3.63, 3.8) is 0 Å². The summed E-state index contributed by atoms with van der Waals surface area (Å²) in [5.74, 6) is 1.35. The third kappa shape index (κ3) is 3.02. The van der Waals surface area contributed by atoms with Crippen LogP contribution in [0.25, 0.3) is 0 Å². The first kappa shape index (κ1) is 12.9. The number of amides is 1. The summed E-state index contributed by atoms with van der Waals surface area (Å²) in [6.45, 7) is 3.72. The van der Waals surface area contributed by atoms with Crippen LogP contribution in [0.1, 0.15) is 40.4 Å². The molecule has 4 heteroatoms. The van der Waals surface area contributed by atoms with E-state index < -0.39 is 0 Å². The molecule has 0 saturated carbocycles. The van der Waals surface area contributed by atoms with Crippen molar-refractivity contribution in [3.8, 4) is 6.07 Å². The zero-order valence-corrected chi connectivity index (χ0v) is 10.8. The fourth-order valence-corrected chi connectivity index (χ4v) is 1.73. The van der Waals surface area contributed by atoms with Crippen LogP contribution in [0.2, 0.25) is 0 Å². The molecule has 0 bridgehead atoms. The average molecular weight is 254 g/mol. The Labute approximate surface area is 111 Å². The molecule has 1 aromatic heterocycles. The Morgan fingerprint density at radius 2 is 1.95 bits per heavy atom. The molecule has 19 heavy (non-hydrogen) atoms. The second-order valence-corrected chi connectivity index (χ2v) is 4.33. The van der Waals surface area contributed by atoms with Gasteiger partial charge in [0.05, 0.1) is 17.7 Å². The number of nitrogens with one attached hydrogen (secondary N) is 1. The Balaban J connectivity index is 2.06. The number of hydrogen-bond acceptors (Lipinski definition) is 3. The SMILES string of the molecule is Cc1ccc(C(C)NC(=O)c2ccc(C#N)cc2)o1. The number of aryl methyl sites for hydroxylation is 1. The first-order chi connectivity index (χ1) is 9.10. The molecule has 1 atom stereocenters. The molecule has 2 aromatic rings. The summed E-state index contributed by atoms with van der Waals surface area (Å²) in [6.07, 6.45) is 0. The topological polar surface area (TPSA) is 66.0 Å². The zero-order chi connectivity index (χ0) is 13.8. The van der Waals surface area contributed by atoms with E-state index in [0.29, 0.717) is 11.1 Å². The Kier molecular flexibility index (Phi) is 3.67. The Hall–Kier alpha value is -2.54. The van der Waals surface area contributed by atoms with Crippen molar-refractivity contribution in [2.45, 2.75) is 19.9 Å². The highest BCUT2D eigenvalue weighted by molar-refractivity contribution is 5.94. The average Bonchev–Trinajstić information content (AvgIpc) is 2.85. The maximum absolute atomic E-state index is 12.0. The molecule has 0 saturated heterocycles. The molecule has 0 spiro atoms. The first-order valence-electron chi connectivity index (χ1n) is 5.97. The van der Waals surface area contributed by atoms with Crippen molar-refractivity contribution in [2.75, 3.05) is 0 Å². The van der Waals surface area contributed by atoms with E-state index in [4.69, 9.17) is 9.68 Å². The third-order valence-electron chi connectivity index (χ3n) is 2.81. The minimum absolute atomic E-state index is 0.189. The van der Waals surface area contributed by atoms with Crippen LogP contribution >= 0.6 is 0 Å². The number of nitrogens with zero attached hydrogens (tertiary/aromatic N) is 1. The predicted molar refractivity (Wildman–Crippen MR) is 70.5 cm³/mol. The van der Waals surface area contributed by atoms with E-state index in [0.717, 1.165) is 11.5 Å². The number of furan rings is 1. The summed E-state index contributed by atoms with van der Waals surface area (Å²) in [5.41, 5.74) is 1.06. The smallest absolute Gasteiger partial charge is 0.251 e. The number of benzene rings is 1. The molecule has 2 rings (SSSR count). The Morgan fingerprint density at radius 3 is 2.47 bits per heavy atom. The van der Waals surface area contributed by atoms with Crippen LogP contribution in [0, 0.1) is 18.3 Å². The van der Waals surface area contributed by atoms with Crippen molar-refractivity contribution in [3.05, 3.63) is 59.0 Å². The van der Waals surface area contributed by atoms with Crippen LogP contribution in [0.3, 0.4) is 0 Å². The van der Waals surface area contributed by atoms with Gasteiger partial charge in [0.25, 0.3) is 5.91 Å². The van der Waals surface area contributed by atoms with E-state index in [1.165, 1.54) is 0 Å². The quantitative estimate of drug-likeness (QED) is 0.915. The standard InChI is InChI=1S/C15H14N2O2/c1-10-3-8-14(19-10)11(2)17-15(18)13-6-4-12(9-16)5-7-13/h3-8,11H,1-2H3,(H,17,18). The van der Waals surface area contributed by atoms with Gasteiger partial charge in [-0.15, -0.1) is 0 Å². The highest BCUT2D eigenvalue weighted by Crippen LogP contribution is 2.16. The Morgan fingerprint density at radius 1 is 1.26 bits per heavy atom. The number of hydrogen-bond donors (Lipinski definition) is 1. The van der Waals surface area contributed by atoms with Gasteiger partial charge < -0.3 is 9.73 Å². The molecule has 0 radical (unpaired) electrons. The second-order valence-electron chi connectivity index (χ2n) is 4.33. The predicted octanol–water partition coefficient (Wildman–Crippen LogP) is 2.95. The Bertz CT molecular complexity index is 620. The monoisotopic (exact) mass is 254 g/mol. The molecular weight excluding hydrogens is 240 g/mol. The molecule has 1 unspecified atom stereocenters. The summed E-state index contributed by atoms with van der Waals surface area (Å²) in [7, 11) is 0. The fourth-order valence-electron chi connectivity index (χ4n) is 1.73. The van der Waals surface area contributed by atoms with Crippen LogP contribution < -0.4 is 5.32 Å². The maximum Gasteiger partial charge on any atom is 0.251 e. The van der Waals surface area contributed by atoms with Gasteiger partial charge in [-0.2, -0.15) is 5.26 Å². The molecule has 1 amide bonds. The van der Waals surface area contributed by atoms with Crippen LogP contribution in [0.4, 0.5) is 0 Å². The molecule has 1 aromatic carbocycles. The lowest BCUT2D eigenvalue weighted by molar-refractivity contribution is 0.0935. The van der Waals surface area contributed by atoms with Gasteiger partial charge in [0.2, 0.25) is 0 Å². The normalized spacial score (nSPS) is 11.6. The highest BCUT2D eigenvalue weighted by Gasteiger charge is 2.13. The maximum atomic E-state index is 12.0. The van der Waals surface area contributed by atoms with Crippen LogP contribution in [0.15, 0.2) is 40.8 Å². The molecule has 96 valence electrons. The molecule has 0 aliphatic carbocycles. The molecule has 4 nitrogen and oxygen atoms in total. The van der Waals surface area contributed by atoms with Crippen LogP contribution in [-0.4, -0.2) is 5.91 Å². The molecular formula is C15H14N2O2. The molecule has 0 fully saturated rings. The summed E-state index contributed by atoms with van der Waals surface area (Å²) >= 11 is 0. The molecule has 0 aliphatic rings. The summed E-state index contributed by atoms with van der Waals surface area (Å²) in [5, 5.41) is 11.5. The van der Waals surface area contributed by atoms with E-state index in [1.54, 1.807) is 24.3 Å². The minimum atomic E-state index is -0.197. The largest absolute Gasteiger partial charge is 0.464 e. The molecule has 1 heterocycles. The van der Waals surface area contributed by atoms with Gasteiger partial charge in [-0.1, -0.05) is 0 Å². The zero-order valence-electron chi connectivity index (χ0n) is 10.8. The number of carbonyl (C=O) groups is 1. The lowest BCUT2D eigenvalue weighted by Gasteiger charge is -2.11. The van der Waals surface area contributed by atoms with E-state index >= 15 is 0 Å². The van der Waals surface area contributed by atoms with Gasteiger partial charge >= 0.3 is 0 Å². The van der Waals surface area contributed by atoms with E-state index in [1.807, 2.05) is 32.0 Å². The summed E-state index contributed by atoms with van der Waals surface area (Å²) < 4.78 is 5.46. The van der Waals surface area contributed by atoms with Crippen molar-refractivity contribution >= 4 is 5.91 Å². The van der Waals surface area contributed by atoms with Gasteiger partial charge in [-0.05, 0) is 50.2 Å². The number of carbonyl (C=O) groups excluding carboxylic acids is 1. The van der Waals surface area contributed by atoms with Gasteiger partial charge in [-0.25, -0.2) is 0 Å². The van der Waals surface area contributed by atoms with Crippen molar-refractivity contribution in [1.29, 1.82) is 5.26 Å². The number of nitriles is 1. The van der Waals surface area contributed by atoms with Crippen LogP contribution in [0.5, 0.6) is 0 Å². The van der Waals surface area contributed by atoms with E-state index in [2.05, 4.69) is 5.32 Å². The minimum Gasteiger partial charge on any atom is -0.464 e. The van der Waals surface area contributed by atoms with Crippen molar-refractivity contribution < 1.29 is 9.21 Å². The van der Waals surface area contributed by atoms with Crippen molar-refractivity contribution in [2.24, 2.45) is 0 Å². The lowest BCUT2D eigenvalue weighted by Crippen LogP contribution is -2.26. The number of rotatable bonds is 3. The van der Waals surface area contributed by atoms with Gasteiger partial charge in [0, 0.05) is 5.56 Å². The molecule has 1 N–H and O–H groups in total. The van der Waals surface area contributed by atoms with Crippen LogP contribution in [-0.2, 0) is 0 Å². The second kappa shape index (κ2) is 5.40. The van der Waals surface area contributed by atoms with Gasteiger partial charge in [0.1, 0.15) is 11.5 Å². The van der Waals surface area contributed by atoms with E-state index in [9.17, 15) is 4.79 Å². The van der Waals surface area contributed by atoms with Gasteiger partial charge in [-0.3, -0.25) is 4.79 Å². The van der Waals surface area contributed by atoms with Gasteiger partial charge in [0.15, 0.2) is 0 Å². The fraction of sp³-hybridized carbons (Fsp3) is 0.200. The summed E-state index contributed by atoms with van der Waals surface area (Å²) in [6, 6.07) is 12.0. The first-order valence-corrected chi connectivity index (χ1v) is 5.97.